The highest BCUT2D eigenvalue weighted by atomic mass is 16.5. The third-order valence-electron chi connectivity index (χ3n) is 14.9. The van der Waals surface area contributed by atoms with Crippen molar-refractivity contribution in [3.63, 3.8) is 0 Å². The largest absolute Gasteiger partial charge is 0.466 e. The first-order valence-corrected chi connectivity index (χ1v) is 32.3. The van der Waals surface area contributed by atoms with Crippen LogP contribution in [0, 0.1) is 0 Å². The molecule has 0 saturated heterocycles. The highest BCUT2D eigenvalue weighted by Gasteiger charge is 2.18. The third-order valence-corrected chi connectivity index (χ3v) is 14.9. The van der Waals surface area contributed by atoms with Gasteiger partial charge in [0, 0.05) is 12.8 Å². The van der Waals surface area contributed by atoms with Crippen molar-refractivity contribution in [1.82, 2.24) is 5.32 Å². The summed E-state index contributed by atoms with van der Waals surface area (Å²) in [7, 11) is 0. The Morgan fingerprint density at radius 1 is 0.375 bits per heavy atom. The molecule has 0 rings (SSSR count). The van der Waals surface area contributed by atoms with E-state index in [9.17, 15) is 19.8 Å². The molecular weight excluding hydrogens is 887 g/mol. The van der Waals surface area contributed by atoms with Gasteiger partial charge in [-0.1, -0.05) is 288 Å². The monoisotopic (exact) mass is 1010 g/mol. The van der Waals surface area contributed by atoms with Crippen LogP contribution in [0.5, 0.6) is 0 Å². The van der Waals surface area contributed by atoms with Crippen LogP contribution >= 0.6 is 0 Å². The lowest BCUT2D eigenvalue weighted by Crippen LogP contribution is -2.45. The van der Waals surface area contributed by atoms with Gasteiger partial charge in [0.2, 0.25) is 5.91 Å². The summed E-state index contributed by atoms with van der Waals surface area (Å²) in [5, 5.41) is 23.2. The lowest BCUT2D eigenvalue weighted by atomic mass is 10.0. The van der Waals surface area contributed by atoms with E-state index in [1.54, 1.807) is 6.08 Å². The minimum Gasteiger partial charge on any atom is -0.466 e. The molecule has 0 spiro atoms. The Balaban J connectivity index is 3.44. The number of nitrogens with one attached hydrogen (secondary N) is 1. The highest BCUT2D eigenvalue weighted by Crippen LogP contribution is 2.17. The van der Waals surface area contributed by atoms with Crippen LogP contribution in [0.15, 0.2) is 36.5 Å². The number of rotatable bonds is 60. The van der Waals surface area contributed by atoms with E-state index in [1.807, 2.05) is 6.08 Å². The molecule has 0 fully saturated rings. The Bertz CT molecular complexity index is 1170. The van der Waals surface area contributed by atoms with Crippen molar-refractivity contribution in [2.75, 3.05) is 13.2 Å². The van der Waals surface area contributed by atoms with Crippen molar-refractivity contribution < 1.29 is 24.5 Å². The number of hydrogen-bond donors (Lipinski definition) is 3. The molecule has 0 radical (unpaired) electrons. The molecule has 0 aromatic rings. The first kappa shape index (κ1) is 70.1. The first-order chi connectivity index (χ1) is 35.5. The fourth-order valence-electron chi connectivity index (χ4n) is 9.92. The first-order valence-electron chi connectivity index (χ1n) is 32.3. The normalized spacial score (nSPS) is 12.8. The Morgan fingerprint density at radius 3 is 0.986 bits per heavy atom. The molecule has 0 aliphatic carbocycles. The number of carbonyl (C=O) groups is 2. The number of carbonyl (C=O) groups excluding carboxylic acids is 2. The van der Waals surface area contributed by atoms with Gasteiger partial charge in [0.1, 0.15) is 0 Å². The Labute approximate surface area is 449 Å². The predicted molar refractivity (Wildman–Crippen MR) is 315 cm³/mol. The van der Waals surface area contributed by atoms with Crippen LogP contribution in [0.25, 0.3) is 0 Å². The zero-order valence-corrected chi connectivity index (χ0v) is 48.4. The Kier molecular flexibility index (Phi) is 60.0. The summed E-state index contributed by atoms with van der Waals surface area (Å²) < 4.78 is 5.49. The summed E-state index contributed by atoms with van der Waals surface area (Å²) in [5.74, 6) is -0.0710. The molecule has 6 heteroatoms. The molecule has 0 heterocycles. The molecule has 0 bridgehead atoms. The van der Waals surface area contributed by atoms with E-state index >= 15 is 0 Å². The van der Waals surface area contributed by atoms with Crippen molar-refractivity contribution >= 4 is 11.9 Å². The van der Waals surface area contributed by atoms with Crippen LogP contribution in [-0.4, -0.2) is 47.4 Å². The SMILES string of the molecule is CCCCCCCCC/C=C\CCCCCCCC(=O)OCCCCCCCCCCCCC/C=C\CCCCCCCCCC(=O)NC(CO)C(O)/C=C/CCCCCCCCCCCCCCCCC. The molecule has 0 aromatic carbocycles. The molecule has 0 aromatic heterocycles. The van der Waals surface area contributed by atoms with Crippen molar-refractivity contribution in [1.29, 1.82) is 0 Å². The maximum Gasteiger partial charge on any atom is 0.305 e. The molecule has 2 unspecified atom stereocenters. The van der Waals surface area contributed by atoms with Gasteiger partial charge < -0.3 is 20.3 Å². The summed E-state index contributed by atoms with van der Waals surface area (Å²) in [6.07, 6.45) is 77.6. The summed E-state index contributed by atoms with van der Waals surface area (Å²) in [6, 6.07) is -0.634. The van der Waals surface area contributed by atoms with Gasteiger partial charge in [-0.15, -0.1) is 0 Å². The van der Waals surface area contributed by atoms with Crippen LogP contribution in [-0.2, 0) is 14.3 Å². The second-order valence-electron chi connectivity index (χ2n) is 22.1. The van der Waals surface area contributed by atoms with Crippen LogP contribution in [0.2, 0.25) is 0 Å². The van der Waals surface area contributed by atoms with Crippen molar-refractivity contribution in [3.8, 4) is 0 Å². The second-order valence-corrected chi connectivity index (χ2v) is 22.1. The molecule has 0 saturated carbocycles. The fraction of sp³-hybridized carbons (Fsp3) is 0.879. The van der Waals surface area contributed by atoms with Gasteiger partial charge in [-0.2, -0.15) is 0 Å². The number of aliphatic hydroxyl groups is 2. The van der Waals surface area contributed by atoms with Gasteiger partial charge in [-0.05, 0) is 83.5 Å². The standard InChI is InChI=1S/C66H125NO5/c1-3-5-7-9-11-13-15-17-19-27-30-34-38-42-46-50-54-58-64(69)63(62-68)67-65(70)59-55-51-47-43-39-35-31-28-25-23-21-22-24-26-29-33-37-41-45-49-53-57-61-72-66(71)60-56-52-48-44-40-36-32-20-18-16-14-12-10-8-6-4-2/h20,23,25,32,54,58,63-64,68-69H,3-19,21-22,24,26-31,33-53,55-57,59-62H2,1-2H3,(H,67,70)/b25-23-,32-20-,58-54+. The lowest BCUT2D eigenvalue weighted by molar-refractivity contribution is -0.143. The van der Waals surface area contributed by atoms with Gasteiger partial charge in [0.25, 0.3) is 0 Å². The maximum absolute atomic E-state index is 12.5. The second kappa shape index (κ2) is 61.6. The van der Waals surface area contributed by atoms with Crippen molar-refractivity contribution in [2.45, 2.75) is 360 Å². The number of aliphatic hydroxyl groups excluding tert-OH is 2. The van der Waals surface area contributed by atoms with E-state index in [0.29, 0.717) is 19.4 Å². The number of allylic oxidation sites excluding steroid dienone is 5. The number of esters is 1. The van der Waals surface area contributed by atoms with Crippen molar-refractivity contribution in [3.05, 3.63) is 36.5 Å². The van der Waals surface area contributed by atoms with E-state index in [1.165, 1.54) is 270 Å². The Morgan fingerprint density at radius 2 is 0.653 bits per heavy atom. The summed E-state index contributed by atoms with van der Waals surface area (Å²) in [6.45, 7) is 4.91. The van der Waals surface area contributed by atoms with E-state index in [0.717, 1.165) is 51.4 Å². The smallest absolute Gasteiger partial charge is 0.305 e. The molecule has 2 atom stereocenters. The Hall–Kier alpha value is -1.92. The minimum absolute atomic E-state index is 0.00218. The zero-order valence-electron chi connectivity index (χ0n) is 48.4. The van der Waals surface area contributed by atoms with E-state index in [-0.39, 0.29) is 18.5 Å². The topological polar surface area (TPSA) is 95.9 Å². The molecular formula is C66H125NO5. The van der Waals surface area contributed by atoms with E-state index in [2.05, 4.69) is 43.5 Å². The molecule has 1 amide bonds. The third kappa shape index (κ3) is 57.4. The van der Waals surface area contributed by atoms with Gasteiger partial charge in [0.05, 0.1) is 25.4 Å². The summed E-state index contributed by atoms with van der Waals surface area (Å²) in [5.41, 5.74) is 0. The van der Waals surface area contributed by atoms with Gasteiger partial charge in [-0.25, -0.2) is 0 Å². The molecule has 0 aliphatic rings. The van der Waals surface area contributed by atoms with Crippen LogP contribution in [0.4, 0.5) is 0 Å². The maximum atomic E-state index is 12.5. The molecule has 424 valence electrons. The van der Waals surface area contributed by atoms with Crippen molar-refractivity contribution in [2.24, 2.45) is 0 Å². The quantitative estimate of drug-likeness (QED) is 0.0320. The van der Waals surface area contributed by atoms with Gasteiger partial charge >= 0.3 is 5.97 Å². The van der Waals surface area contributed by atoms with E-state index in [4.69, 9.17) is 4.74 Å². The predicted octanol–water partition coefficient (Wildman–Crippen LogP) is 20.4. The zero-order chi connectivity index (χ0) is 52.2. The van der Waals surface area contributed by atoms with Crippen LogP contribution < -0.4 is 5.32 Å². The lowest BCUT2D eigenvalue weighted by Gasteiger charge is -2.20. The molecule has 6 nitrogen and oxygen atoms in total. The molecule has 72 heavy (non-hydrogen) atoms. The minimum atomic E-state index is -0.849. The van der Waals surface area contributed by atoms with Gasteiger partial charge in [-0.3, -0.25) is 9.59 Å². The number of hydrogen-bond acceptors (Lipinski definition) is 5. The highest BCUT2D eigenvalue weighted by molar-refractivity contribution is 5.76. The van der Waals surface area contributed by atoms with Crippen LogP contribution in [0.1, 0.15) is 348 Å². The fourth-order valence-corrected chi connectivity index (χ4v) is 9.92. The van der Waals surface area contributed by atoms with E-state index < -0.39 is 12.1 Å². The van der Waals surface area contributed by atoms with Gasteiger partial charge in [0.15, 0.2) is 0 Å². The summed E-state index contributed by atoms with van der Waals surface area (Å²) >= 11 is 0. The molecule has 3 N–H and O–H groups in total. The summed E-state index contributed by atoms with van der Waals surface area (Å²) in [4.78, 5) is 24.6. The van der Waals surface area contributed by atoms with Crippen LogP contribution in [0.3, 0.4) is 0 Å². The number of amides is 1. The molecule has 0 aliphatic heterocycles. The number of ether oxygens (including phenoxy) is 1. The average Bonchev–Trinajstić information content (AvgIpc) is 3.38. The number of unbranched alkanes of at least 4 members (excludes halogenated alkanes) is 45. The average molecular weight is 1010 g/mol.